The third-order valence-electron chi connectivity index (χ3n) is 2.88. The summed E-state index contributed by atoms with van der Waals surface area (Å²) in [6.45, 7) is 6.01. The molecule has 1 aromatic heterocycles. The summed E-state index contributed by atoms with van der Waals surface area (Å²) in [5.74, 6) is 0.552. The van der Waals surface area contributed by atoms with E-state index in [9.17, 15) is 4.79 Å². The molecule has 0 atom stereocenters. The zero-order valence-corrected chi connectivity index (χ0v) is 13.6. The van der Waals surface area contributed by atoms with Gasteiger partial charge in [-0.3, -0.25) is 4.79 Å². The van der Waals surface area contributed by atoms with Gasteiger partial charge in [-0.15, -0.1) is 0 Å². The predicted octanol–water partition coefficient (Wildman–Crippen LogP) is 2.51. The van der Waals surface area contributed by atoms with Crippen molar-refractivity contribution in [2.75, 3.05) is 31.6 Å². The average Bonchev–Trinajstić information content (AvgIpc) is 2.46. The molecule has 1 rings (SSSR count). The van der Waals surface area contributed by atoms with Crippen LogP contribution in [0.4, 0.5) is 5.82 Å². The molecular weight excluding hydrogens is 322 g/mol. The van der Waals surface area contributed by atoms with Gasteiger partial charge in [-0.2, -0.15) is 0 Å². The fraction of sp³-hybridized carbons (Fsp3) is 0.571. The molecule has 20 heavy (non-hydrogen) atoms. The number of halogens is 1. The van der Waals surface area contributed by atoms with Gasteiger partial charge in [-0.05, 0) is 41.8 Å². The molecule has 0 saturated carbocycles. The van der Waals surface area contributed by atoms with E-state index in [1.165, 1.54) is 0 Å². The molecule has 1 amide bonds. The lowest BCUT2D eigenvalue weighted by molar-refractivity contribution is 0.0755. The van der Waals surface area contributed by atoms with E-state index in [1.807, 2.05) is 6.92 Å². The van der Waals surface area contributed by atoms with Crippen LogP contribution in [-0.4, -0.2) is 47.1 Å². The van der Waals surface area contributed by atoms with Gasteiger partial charge >= 0.3 is 0 Å². The fourth-order valence-electron chi connectivity index (χ4n) is 1.82. The first-order valence-corrected chi connectivity index (χ1v) is 7.72. The minimum absolute atomic E-state index is 0.0617. The average molecular weight is 344 g/mol. The normalized spacial score (nSPS) is 10.4. The molecule has 0 aliphatic carbocycles. The van der Waals surface area contributed by atoms with Gasteiger partial charge in [0.05, 0.1) is 5.56 Å². The highest BCUT2D eigenvalue weighted by Crippen LogP contribution is 2.20. The summed E-state index contributed by atoms with van der Waals surface area (Å²) in [7, 11) is 0. The molecule has 0 spiro atoms. The van der Waals surface area contributed by atoms with Crippen molar-refractivity contribution in [1.82, 2.24) is 9.88 Å². The number of aromatic nitrogens is 1. The van der Waals surface area contributed by atoms with Gasteiger partial charge in [0, 0.05) is 36.9 Å². The summed E-state index contributed by atoms with van der Waals surface area (Å²) in [6, 6.07) is 1.79. The van der Waals surface area contributed by atoms with Crippen molar-refractivity contribution < 1.29 is 9.90 Å². The Hall–Kier alpha value is -1.14. The van der Waals surface area contributed by atoms with Gasteiger partial charge in [-0.1, -0.05) is 6.92 Å². The predicted molar refractivity (Wildman–Crippen MR) is 84.0 cm³/mol. The van der Waals surface area contributed by atoms with Gasteiger partial charge in [0.25, 0.3) is 5.91 Å². The molecule has 0 aliphatic rings. The van der Waals surface area contributed by atoms with Crippen molar-refractivity contribution in [2.45, 2.75) is 26.7 Å². The molecule has 6 heteroatoms. The third kappa shape index (κ3) is 4.76. The number of hydrogen-bond donors (Lipinski definition) is 2. The van der Waals surface area contributed by atoms with Gasteiger partial charge in [0.1, 0.15) is 5.82 Å². The minimum atomic E-state index is -0.0617. The summed E-state index contributed by atoms with van der Waals surface area (Å²) in [5.41, 5.74) is 0.563. The Morgan fingerprint density at radius 2 is 2.25 bits per heavy atom. The van der Waals surface area contributed by atoms with E-state index in [0.29, 0.717) is 30.9 Å². The lowest BCUT2D eigenvalue weighted by atomic mass is 10.2. The SMILES string of the molecule is CCCNc1ncc(Br)cc1C(=O)N(CC)CCCO. The second-order valence-corrected chi connectivity index (χ2v) is 5.35. The monoisotopic (exact) mass is 343 g/mol. The van der Waals surface area contributed by atoms with Crippen LogP contribution in [-0.2, 0) is 0 Å². The number of anilines is 1. The van der Waals surface area contributed by atoms with Gasteiger partial charge < -0.3 is 15.3 Å². The number of hydrogen-bond acceptors (Lipinski definition) is 4. The van der Waals surface area contributed by atoms with E-state index in [2.05, 4.69) is 33.2 Å². The number of carbonyl (C=O) groups is 1. The first kappa shape index (κ1) is 16.9. The number of nitrogens with zero attached hydrogens (tertiary/aromatic N) is 2. The maximum absolute atomic E-state index is 12.6. The molecule has 2 N–H and O–H groups in total. The van der Waals surface area contributed by atoms with Crippen LogP contribution in [0.5, 0.6) is 0 Å². The fourth-order valence-corrected chi connectivity index (χ4v) is 2.15. The van der Waals surface area contributed by atoms with E-state index < -0.39 is 0 Å². The highest BCUT2D eigenvalue weighted by atomic mass is 79.9. The quantitative estimate of drug-likeness (QED) is 0.761. The molecule has 5 nitrogen and oxygen atoms in total. The molecule has 0 aromatic carbocycles. The summed E-state index contributed by atoms with van der Waals surface area (Å²) < 4.78 is 0.779. The first-order valence-electron chi connectivity index (χ1n) is 6.93. The number of aliphatic hydroxyl groups excluding tert-OH is 1. The largest absolute Gasteiger partial charge is 0.396 e. The van der Waals surface area contributed by atoms with Crippen LogP contribution in [0, 0.1) is 0 Å². The molecule has 1 aromatic rings. The number of carbonyl (C=O) groups excluding carboxylic acids is 1. The Morgan fingerprint density at radius 3 is 2.85 bits per heavy atom. The molecule has 0 fully saturated rings. The zero-order valence-electron chi connectivity index (χ0n) is 12.0. The number of pyridine rings is 1. The Balaban J connectivity index is 2.96. The van der Waals surface area contributed by atoms with E-state index >= 15 is 0 Å². The molecule has 0 radical (unpaired) electrons. The van der Waals surface area contributed by atoms with Crippen molar-refractivity contribution in [3.8, 4) is 0 Å². The van der Waals surface area contributed by atoms with Crippen molar-refractivity contribution in [1.29, 1.82) is 0 Å². The molecule has 0 aliphatic heterocycles. The molecule has 112 valence electrons. The second kappa shape index (κ2) is 8.92. The summed E-state index contributed by atoms with van der Waals surface area (Å²) in [4.78, 5) is 18.6. The molecule has 0 saturated heterocycles. The van der Waals surface area contributed by atoms with Crippen LogP contribution in [0.15, 0.2) is 16.7 Å². The first-order chi connectivity index (χ1) is 9.63. The summed E-state index contributed by atoms with van der Waals surface area (Å²) >= 11 is 3.36. The van der Waals surface area contributed by atoms with Crippen molar-refractivity contribution >= 4 is 27.7 Å². The lowest BCUT2D eigenvalue weighted by Crippen LogP contribution is -2.33. The van der Waals surface area contributed by atoms with Crippen LogP contribution in [0.3, 0.4) is 0 Å². The van der Waals surface area contributed by atoms with Gasteiger partial charge in [0.2, 0.25) is 0 Å². The number of nitrogens with one attached hydrogen (secondary N) is 1. The van der Waals surface area contributed by atoms with E-state index in [1.54, 1.807) is 17.2 Å². The number of rotatable bonds is 8. The van der Waals surface area contributed by atoms with Crippen LogP contribution >= 0.6 is 15.9 Å². The Kier molecular flexibility index (Phi) is 7.54. The standard InChI is InChI=1S/C14H22BrN3O2/c1-3-6-16-13-12(9-11(15)10-17-13)14(20)18(4-2)7-5-8-19/h9-10,19H,3-8H2,1-2H3,(H,16,17). The van der Waals surface area contributed by atoms with Crippen LogP contribution < -0.4 is 5.32 Å². The molecule has 0 unspecified atom stereocenters. The number of amides is 1. The molecule has 1 heterocycles. The highest BCUT2D eigenvalue weighted by molar-refractivity contribution is 9.10. The highest BCUT2D eigenvalue weighted by Gasteiger charge is 2.18. The molecular formula is C14H22BrN3O2. The Morgan fingerprint density at radius 1 is 1.50 bits per heavy atom. The Labute approximate surface area is 128 Å². The maximum atomic E-state index is 12.6. The summed E-state index contributed by atoms with van der Waals surface area (Å²) in [6.07, 6.45) is 3.23. The number of aliphatic hydroxyl groups is 1. The van der Waals surface area contributed by atoms with Crippen molar-refractivity contribution in [3.63, 3.8) is 0 Å². The van der Waals surface area contributed by atoms with Crippen LogP contribution in [0.1, 0.15) is 37.0 Å². The summed E-state index contributed by atoms with van der Waals surface area (Å²) in [5, 5.41) is 12.1. The van der Waals surface area contributed by atoms with Crippen molar-refractivity contribution in [3.05, 3.63) is 22.3 Å². The van der Waals surface area contributed by atoms with Crippen LogP contribution in [0.25, 0.3) is 0 Å². The smallest absolute Gasteiger partial charge is 0.257 e. The topological polar surface area (TPSA) is 65.5 Å². The maximum Gasteiger partial charge on any atom is 0.257 e. The van der Waals surface area contributed by atoms with Crippen LogP contribution in [0.2, 0.25) is 0 Å². The minimum Gasteiger partial charge on any atom is -0.396 e. The zero-order chi connectivity index (χ0) is 15.0. The van der Waals surface area contributed by atoms with E-state index in [-0.39, 0.29) is 12.5 Å². The van der Waals surface area contributed by atoms with Crippen molar-refractivity contribution in [2.24, 2.45) is 0 Å². The lowest BCUT2D eigenvalue weighted by Gasteiger charge is -2.22. The second-order valence-electron chi connectivity index (χ2n) is 4.44. The molecule has 0 bridgehead atoms. The van der Waals surface area contributed by atoms with Gasteiger partial charge in [-0.25, -0.2) is 4.98 Å². The van der Waals surface area contributed by atoms with E-state index in [4.69, 9.17) is 5.11 Å². The third-order valence-corrected chi connectivity index (χ3v) is 3.32. The Bertz CT molecular complexity index is 440. The van der Waals surface area contributed by atoms with E-state index in [0.717, 1.165) is 17.4 Å². The van der Waals surface area contributed by atoms with Gasteiger partial charge in [0.15, 0.2) is 0 Å².